The zero-order valence-corrected chi connectivity index (χ0v) is 24.2. The molecule has 0 saturated carbocycles. The van der Waals surface area contributed by atoms with E-state index >= 15 is 0 Å². The first-order valence-electron chi connectivity index (χ1n) is 13.2. The highest BCUT2D eigenvalue weighted by molar-refractivity contribution is 7.90. The molecule has 210 valence electrons. The van der Waals surface area contributed by atoms with Crippen LogP contribution >= 0.6 is 0 Å². The highest BCUT2D eigenvalue weighted by atomic mass is 32.2. The molecule has 10 nitrogen and oxygen atoms in total. The van der Waals surface area contributed by atoms with Gasteiger partial charge < -0.3 is 15.5 Å². The molecule has 0 aromatic carbocycles. The third-order valence-electron chi connectivity index (χ3n) is 7.09. The van der Waals surface area contributed by atoms with Gasteiger partial charge in [0.05, 0.1) is 17.0 Å². The number of nitrogens with zero attached hydrogens (tertiary/aromatic N) is 5. The van der Waals surface area contributed by atoms with Crippen LogP contribution in [0, 0.1) is 12.8 Å². The van der Waals surface area contributed by atoms with Crippen molar-refractivity contribution < 1.29 is 14.6 Å². The van der Waals surface area contributed by atoms with Gasteiger partial charge in [0, 0.05) is 26.6 Å². The van der Waals surface area contributed by atoms with Gasteiger partial charge in [-0.2, -0.15) is 8.42 Å². The molecule has 0 radical (unpaired) electrons. The fourth-order valence-corrected chi connectivity index (χ4v) is 6.19. The molecule has 1 unspecified atom stereocenters. The average Bonchev–Trinajstić information content (AvgIpc) is 3.16. The van der Waals surface area contributed by atoms with Crippen LogP contribution in [0.25, 0.3) is 11.4 Å². The van der Waals surface area contributed by atoms with Gasteiger partial charge in [0.1, 0.15) is 17.5 Å². The van der Waals surface area contributed by atoms with Crippen molar-refractivity contribution in [3.05, 3.63) is 53.6 Å². The number of nitrogens with one attached hydrogen (secondary N) is 1. The summed E-state index contributed by atoms with van der Waals surface area (Å²) >= 11 is 0. The van der Waals surface area contributed by atoms with Crippen LogP contribution in [-0.2, 0) is 10.0 Å². The predicted molar refractivity (Wildman–Crippen MR) is 156 cm³/mol. The molecular formula is C28H39N7O3S. The van der Waals surface area contributed by atoms with Crippen molar-refractivity contribution in [2.45, 2.75) is 58.5 Å². The summed E-state index contributed by atoms with van der Waals surface area (Å²) < 4.78 is 28.1. The van der Waals surface area contributed by atoms with Gasteiger partial charge >= 0.3 is 0 Å². The van der Waals surface area contributed by atoms with Gasteiger partial charge in [-0.3, -0.25) is 4.79 Å². The third-order valence-corrected chi connectivity index (χ3v) is 8.32. The Morgan fingerprint density at radius 1 is 1.10 bits per heavy atom. The maximum absolute atomic E-state index is 13.5. The van der Waals surface area contributed by atoms with Crippen LogP contribution in [0.3, 0.4) is 0 Å². The topological polar surface area (TPSA) is 134 Å². The summed E-state index contributed by atoms with van der Waals surface area (Å²) in [6, 6.07) is 11.5. The molecule has 3 aromatic heterocycles. The molecule has 11 heteroatoms. The van der Waals surface area contributed by atoms with E-state index in [0.29, 0.717) is 29.7 Å². The van der Waals surface area contributed by atoms with Gasteiger partial charge in [0.15, 0.2) is 5.03 Å². The van der Waals surface area contributed by atoms with E-state index in [0.717, 1.165) is 30.9 Å². The van der Waals surface area contributed by atoms with E-state index in [9.17, 15) is 13.2 Å². The van der Waals surface area contributed by atoms with E-state index in [1.807, 2.05) is 19.1 Å². The Hall–Kier alpha value is -3.73. The smallest absolute Gasteiger partial charge is 0.281 e. The number of amides is 1. The Kier molecular flexibility index (Phi) is 7.83. The lowest BCUT2D eigenvalue weighted by molar-refractivity contribution is 0.0981. The molecule has 1 aliphatic rings. The standard InChI is InChI=1S/C28H37N7O3S.H2/c1-7-34(8-2)25-19(4)12-14-21(30-25)22-15-13-20(26(31-22)35-17-18(3)16-28(35,5)6)27(36)33-39(37,38)24-11-9-10-23(29)32-24;/h9-15,18H,7-8,16-17H2,1-6H3,(H2,29,32)(H,33,36);1H. The molecule has 4 rings (SSSR count). The molecule has 3 N–H and O–H groups in total. The summed E-state index contributed by atoms with van der Waals surface area (Å²) in [6.07, 6.45) is 0.903. The van der Waals surface area contributed by atoms with Crippen LogP contribution in [0.4, 0.5) is 17.5 Å². The molecule has 0 spiro atoms. The van der Waals surface area contributed by atoms with Gasteiger partial charge in [-0.05, 0) is 82.9 Å². The second kappa shape index (κ2) is 10.8. The number of pyridine rings is 3. The molecule has 4 heterocycles. The number of anilines is 3. The number of aromatic nitrogens is 3. The lowest BCUT2D eigenvalue weighted by Crippen LogP contribution is -2.41. The number of carbonyl (C=O) groups excluding carboxylic acids is 1. The molecule has 3 aromatic rings. The summed E-state index contributed by atoms with van der Waals surface area (Å²) in [5.41, 5.74) is 7.87. The third kappa shape index (κ3) is 5.83. The van der Waals surface area contributed by atoms with Crippen LogP contribution in [0.1, 0.15) is 58.4 Å². The van der Waals surface area contributed by atoms with Crippen molar-refractivity contribution in [2.75, 3.05) is 35.2 Å². The lowest BCUT2D eigenvalue weighted by Gasteiger charge is -2.34. The van der Waals surface area contributed by atoms with Gasteiger partial charge in [-0.15, -0.1) is 0 Å². The van der Waals surface area contributed by atoms with E-state index in [2.05, 4.69) is 54.1 Å². The van der Waals surface area contributed by atoms with Crippen molar-refractivity contribution in [1.29, 1.82) is 0 Å². The molecule has 0 aliphatic carbocycles. The van der Waals surface area contributed by atoms with Gasteiger partial charge in [0.25, 0.3) is 15.9 Å². The van der Waals surface area contributed by atoms with E-state index in [-0.39, 0.29) is 23.4 Å². The number of sulfonamides is 1. The number of nitrogens with two attached hydrogens (primary N) is 1. The maximum Gasteiger partial charge on any atom is 0.281 e. The Morgan fingerprint density at radius 3 is 2.38 bits per heavy atom. The zero-order valence-electron chi connectivity index (χ0n) is 23.4. The first kappa shape index (κ1) is 28.3. The monoisotopic (exact) mass is 553 g/mol. The predicted octanol–water partition coefficient (Wildman–Crippen LogP) is 4.26. The molecule has 1 atom stereocenters. The zero-order chi connectivity index (χ0) is 28.5. The van der Waals surface area contributed by atoms with Crippen molar-refractivity contribution >= 4 is 33.4 Å². The fourth-order valence-electron chi connectivity index (χ4n) is 5.25. The number of carbonyl (C=O) groups is 1. The van der Waals surface area contributed by atoms with Crippen molar-refractivity contribution in [1.82, 2.24) is 19.7 Å². The van der Waals surface area contributed by atoms with Gasteiger partial charge in [0.2, 0.25) is 0 Å². The second-order valence-corrected chi connectivity index (χ2v) is 12.3. The molecule has 1 fully saturated rings. The highest BCUT2D eigenvalue weighted by Gasteiger charge is 2.39. The largest absolute Gasteiger partial charge is 0.384 e. The summed E-state index contributed by atoms with van der Waals surface area (Å²) in [5, 5.41) is -0.329. The fraction of sp³-hybridized carbons (Fsp3) is 0.429. The minimum atomic E-state index is -4.25. The van der Waals surface area contributed by atoms with Crippen molar-refractivity contribution in [3.8, 4) is 11.4 Å². The number of nitrogen functional groups attached to an aromatic ring is 1. The number of hydrogen-bond acceptors (Lipinski definition) is 9. The van der Waals surface area contributed by atoms with Crippen LogP contribution in [0.15, 0.2) is 47.5 Å². The van der Waals surface area contributed by atoms with Crippen LogP contribution in [0.5, 0.6) is 0 Å². The second-order valence-electron chi connectivity index (χ2n) is 10.6. The van der Waals surface area contributed by atoms with Crippen molar-refractivity contribution in [2.24, 2.45) is 5.92 Å². The molecule has 1 saturated heterocycles. The SMILES string of the molecule is CCN(CC)c1nc(-c2ccc(C(=O)NS(=O)(=O)c3cccc(N)n3)c(N3CC(C)CC3(C)C)n2)ccc1C.[HH]. The van der Waals surface area contributed by atoms with Crippen LogP contribution < -0.4 is 20.3 Å². The molecule has 1 aliphatic heterocycles. The Labute approximate surface area is 232 Å². The number of aryl methyl sites for hydroxylation is 1. The van der Waals surface area contributed by atoms with E-state index in [1.165, 1.54) is 18.2 Å². The van der Waals surface area contributed by atoms with E-state index in [4.69, 9.17) is 15.7 Å². The minimum Gasteiger partial charge on any atom is -0.384 e. The minimum absolute atomic E-state index is 0. The first-order valence-corrected chi connectivity index (χ1v) is 14.7. The first-order chi connectivity index (χ1) is 18.4. The summed E-state index contributed by atoms with van der Waals surface area (Å²) in [7, 11) is -4.25. The van der Waals surface area contributed by atoms with E-state index in [1.54, 1.807) is 12.1 Å². The number of hydrogen-bond donors (Lipinski definition) is 2. The summed E-state index contributed by atoms with van der Waals surface area (Å²) in [5.74, 6) is 0.928. The summed E-state index contributed by atoms with van der Waals surface area (Å²) in [6.45, 7) is 14.9. The highest BCUT2D eigenvalue weighted by Crippen LogP contribution is 2.38. The molecular weight excluding hydrogens is 514 g/mol. The Bertz CT molecular complexity index is 1490. The van der Waals surface area contributed by atoms with E-state index < -0.39 is 15.9 Å². The normalized spacial score (nSPS) is 16.8. The maximum atomic E-state index is 13.5. The van der Waals surface area contributed by atoms with Crippen molar-refractivity contribution in [3.63, 3.8) is 0 Å². The van der Waals surface area contributed by atoms with Crippen LogP contribution in [-0.4, -0.2) is 54.5 Å². The summed E-state index contributed by atoms with van der Waals surface area (Å²) in [4.78, 5) is 31.4. The molecule has 39 heavy (non-hydrogen) atoms. The average molecular weight is 554 g/mol. The van der Waals surface area contributed by atoms with Gasteiger partial charge in [-0.25, -0.2) is 19.7 Å². The Morgan fingerprint density at radius 2 is 1.77 bits per heavy atom. The quantitative estimate of drug-likeness (QED) is 0.419. The molecule has 1 amide bonds. The van der Waals surface area contributed by atoms with Gasteiger partial charge in [-0.1, -0.05) is 19.1 Å². The van der Waals surface area contributed by atoms with Crippen LogP contribution in [0.2, 0.25) is 0 Å². The Balaban J connectivity index is 0.00000441. The number of rotatable bonds is 8. The molecule has 0 bridgehead atoms. The lowest BCUT2D eigenvalue weighted by atomic mass is 9.97.